The molecule has 0 spiro atoms. The molecule has 116 valence electrons. The molecule has 0 unspecified atom stereocenters. The molecule has 2 N–H and O–H groups in total. The maximum Gasteiger partial charge on any atom is 0.303 e. The van der Waals surface area contributed by atoms with E-state index in [1.54, 1.807) is 31.4 Å². The molecule has 21 heavy (non-hydrogen) atoms. The van der Waals surface area contributed by atoms with E-state index in [0.717, 1.165) is 0 Å². The van der Waals surface area contributed by atoms with Crippen molar-refractivity contribution in [1.82, 2.24) is 5.32 Å². The molecule has 1 aromatic rings. The summed E-state index contributed by atoms with van der Waals surface area (Å²) in [5.41, 5.74) is 0.465. The van der Waals surface area contributed by atoms with Crippen molar-refractivity contribution in [3.05, 3.63) is 29.8 Å². The first-order valence-electron chi connectivity index (χ1n) is 6.86. The Kier molecular flexibility index (Phi) is 7.89. The van der Waals surface area contributed by atoms with E-state index >= 15 is 0 Å². The third kappa shape index (κ3) is 6.76. The molecular formula is C15H21NO5. The number of hydrogen-bond acceptors (Lipinski definition) is 4. The van der Waals surface area contributed by atoms with E-state index < -0.39 is 5.97 Å². The number of methoxy groups -OCH3 is 1. The molecule has 0 heterocycles. The number of nitrogens with one attached hydrogen (secondary N) is 1. The first-order chi connectivity index (χ1) is 10.1. The molecule has 0 saturated carbocycles. The Hall–Kier alpha value is -2.08. The van der Waals surface area contributed by atoms with Gasteiger partial charge in [-0.05, 0) is 25.0 Å². The largest absolute Gasteiger partial charge is 0.490 e. The lowest BCUT2D eigenvalue weighted by molar-refractivity contribution is -0.137. The number of ether oxygens (including phenoxy) is 2. The lowest BCUT2D eigenvalue weighted by Crippen LogP contribution is -2.25. The van der Waals surface area contributed by atoms with Crippen LogP contribution in [0.25, 0.3) is 0 Å². The lowest BCUT2D eigenvalue weighted by atomic mass is 10.2. The minimum Gasteiger partial charge on any atom is -0.490 e. The Morgan fingerprint density at radius 2 is 1.95 bits per heavy atom. The molecule has 0 atom stereocenters. The average Bonchev–Trinajstić information content (AvgIpc) is 2.47. The van der Waals surface area contributed by atoms with Gasteiger partial charge in [-0.25, -0.2) is 0 Å². The van der Waals surface area contributed by atoms with Gasteiger partial charge >= 0.3 is 5.97 Å². The van der Waals surface area contributed by atoms with E-state index in [4.69, 9.17) is 14.6 Å². The van der Waals surface area contributed by atoms with Gasteiger partial charge in [-0.15, -0.1) is 0 Å². The molecule has 0 aliphatic carbocycles. The molecule has 0 aliphatic heterocycles. The first-order valence-corrected chi connectivity index (χ1v) is 6.86. The molecule has 0 aliphatic rings. The monoisotopic (exact) mass is 295 g/mol. The SMILES string of the molecule is COCCOc1ccccc1C(=O)NCCCCC(=O)O. The second kappa shape index (κ2) is 9.77. The molecule has 6 heteroatoms. The number of rotatable bonds is 10. The summed E-state index contributed by atoms with van der Waals surface area (Å²) >= 11 is 0. The zero-order valence-corrected chi connectivity index (χ0v) is 12.1. The number of benzene rings is 1. The average molecular weight is 295 g/mol. The Morgan fingerprint density at radius 1 is 1.19 bits per heavy atom. The second-order valence-electron chi connectivity index (χ2n) is 4.44. The fourth-order valence-corrected chi connectivity index (χ4v) is 1.71. The van der Waals surface area contributed by atoms with Crippen LogP contribution in [0.15, 0.2) is 24.3 Å². The predicted molar refractivity (Wildman–Crippen MR) is 77.6 cm³/mol. The van der Waals surface area contributed by atoms with E-state index in [-0.39, 0.29) is 12.3 Å². The van der Waals surface area contributed by atoms with Crippen molar-refractivity contribution in [3.8, 4) is 5.75 Å². The lowest BCUT2D eigenvalue weighted by Gasteiger charge is -2.11. The maximum atomic E-state index is 12.1. The highest BCUT2D eigenvalue weighted by atomic mass is 16.5. The van der Waals surface area contributed by atoms with Crippen LogP contribution < -0.4 is 10.1 Å². The summed E-state index contributed by atoms with van der Waals surface area (Å²) in [5.74, 6) is -0.533. The fraction of sp³-hybridized carbons (Fsp3) is 0.467. The summed E-state index contributed by atoms with van der Waals surface area (Å²) in [6.45, 7) is 1.27. The van der Waals surface area contributed by atoms with Crippen molar-refractivity contribution in [2.45, 2.75) is 19.3 Å². The molecule has 0 fully saturated rings. The molecule has 6 nitrogen and oxygen atoms in total. The zero-order valence-electron chi connectivity index (χ0n) is 12.1. The molecule has 0 saturated heterocycles. The van der Waals surface area contributed by atoms with Crippen LogP contribution in [-0.4, -0.2) is 43.9 Å². The number of hydrogen-bond donors (Lipinski definition) is 2. The summed E-state index contributed by atoms with van der Waals surface area (Å²) in [7, 11) is 1.58. The number of carbonyl (C=O) groups excluding carboxylic acids is 1. The smallest absolute Gasteiger partial charge is 0.303 e. The van der Waals surface area contributed by atoms with E-state index in [1.165, 1.54) is 0 Å². The Bertz CT molecular complexity index is 461. The van der Waals surface area contributed by atoms with Crippen molar-refractivity contribution < 1.29 is 24.2 Å². The van der Waals surface area contributed by atoms with Crippen LogP contribution in [-0.2, 0) is 9.53 Å². The Labute approximate surface area is 124 Å². The number of carboxylic acid groups (broad SMARTS) is 1. The highest BCUT2D eigenvalue weighted by molar-refractivity contribution is 5.96. The third-order valence-electron chi connectivity index (χ3n) is 2.78. The maximum absolute atomic E-state index is 12.1. The molecule has 0 aromatic heterocycles. The fourth-order valence-electron chi connectivity index (χ4n) is 1.71. The van der Waals surface area contributed by atoms with E-state index in [1.807, 2.05) is 0 Å². The van der Waals surface area contributed by atoms with Crippen LogP contribution >= 0.6 is 0 Å². The van der Waals surface area contributed by atoms with Gasteiger partial charge in [-0.1, -0.05) is 12.1 Å². The van der Waals surface area contributed by atoms with Crippen LogP contribution in [0.1, 0.15) is 29.6 Å². The van der Waals surface area contributed by atoms with Gasteiger partial charge in [0, 0.05) is 20.1 Å². The summed E-state index contributed by atoms with van der Waals surface area (Å²) < 4.78 is 10.4. The molecule has 0 bridgehead atoms. The van der Waals surface area contributed by atoms with Crippen molar-refractivity contribution in [2.24, 2.45) is 0 Å². The minimum absolute atomic E-state index is 0.118. The van der Waals surface area contributed by atoms with Crippen LogP contribution in [0.4, 0.5) is 0 Å². The van der Waals surface area contributed by atoms with Crippen molar-refractivity contribution in [3.63, 3.8) is 0 Å². The summed E-state index contributed by atoms with van der Waals surface area (Å²) in [6.07, 6.45) is 1.29. The van der Waals surface area contributed by atoms with Crippen LogP contribution in [0.3, 0.4) is 0 Å². The summed E-state index contributed by atoms with van der Waals surface area (Å²) in [5, 5.41) is 11.3. The van der Waals surface area contributed by atoms with Crippen LogP contribution in [0, 0.1) is 0 Å². The van der Waals surface area contributed by atoms with E-state index in [9.17, 15) is 9.59 Å². The first kappa shape index (κ1) is 17.0. The van der Waals surface area contributed by atoms with Crippen LogP contribution in [0.5, 0.6) is 5.75 Å². The molecule has 1 amide bonds. The topological polar surface area (TPSA) is 84.9 Å². The zero-order chi connectivity index (χ0) is 15.5. The number of carbonyl (C=O) groups is 2. The van der Waals surface area contributed by atoms with Crippen molar-refractivity contribution in [1.29, 1.82) is 0 Å². The standard InChI is InChI=1S/C15H21NO5/c1-20-10-11-21-13-7-3-2-6-12(13)15(19)16-9-5-4-8-14(17)18/h2-3,6-7H,4-5,8-11H2,1H3,(H,16,19)(H,17,18). The van der Waals surface area contributed by atoms with Gasteiger partial charge in [0.15, 0.2) is 0 Å². The summed E-state index contributed by atoms with van der Waals surface area (Å²) in [6, 6.07) is 6.98. The number of unbranched alkanes of at least 4 members (excludes halogenated alkanes) is 1. The van der Waals surface area contributed by atoms with Gasteiger partial charge in [-0.2, -0.15) is 0 Å². The minimum atomic E-state index is -0.821. The van der Waals surface area contributed by atoms with Gasteiger partial charge < -0.3 is 19.9 Å². The van der Waals surface area contributed by atoms with E-state index in [2.05, 4.69) is 5.32 Å². The van der Waals surface area contributed by atoms with Gasteiger partial charge in [0.1, 0.15) is 12.4 Å². The van der Waals surface area contributed by atoms with Gasteiger partial charge in [0.05, 0.1) is 12.2 Å². The second-order valence-corrected chi connectivity index (χ2v) is 4.44. The Morgan fingerprint density at radius 3 is 2.67 bits per heavy atom. The summed E-state index contributed by atoms with van der Waals surface area (Å²) in [4.78, 5) is 22.4. The number of amides is 1. The number of carboxylic acids is 1. The van der Waals surface area contributed by atoms with E-state index in [0.29, 0.717) is 43.9 Å². The third-order valence-corrected chi connectivity index (χ3v) is 2.78. The molecule has 0 radical (unpaired) electrons. The van der Waals surface area contributed by atoms with Gasteiger partial charge in [-0.3, -0.25) is 9.59 Å². The predicted octanol–water partition coefficient (Wildman–Crippen LogP) is 1.70. The number of para-hydroxylation sites is 1. The van der Waals surface area contributed by atoms with Crippen molar-refractivity contribution >= 4 is 11.9 Å². The quantitative estimate of drug-likeness (QED) is 0.642. The number of aliphatic carboxylic acids is 1. The highest BCUT2D eigenvalue weighted by Crippen LogP contribution is 2.17. The Balaban J connectivity index is 2.43. The molecule has 1 aromatic carbocycles. The van der Waals surface area contributed by atoms with Crippen molar-refractivity contribution in [2.75, 3.05) is 26.9 Å². The molecular weight excluding hydrogens is 274 g/mol. The van der Waals surface area contributed by atoms with Gasteiger partial charge in [0.2, 0.25) is 0 Å². The normalized spacial score (nSPS) is 10.1. The van der Waals surface area contributed by atoms with Gasteiger partial charge in [0.25, 0.3) is 5.91 Å². The molecule has 1 rings (SSSR count). The highest BCUT2D eigenvalue weighted by Gasteiger charge is 2.11. The van der Waals surface area contributed by atoms with Crippen LogP contribution in [0.2, 0.25) is 0 Å².